The molecule has 0 radical (unpaired) electrons. The van der Waals surface area contributed by atoms with Crippen molar-refractivity contribution in [3.05, 3.63) is 40.5 Å². The molecule has 0 spiro atoms. The van der Waals surface area contributed by atoms with Gasteiger partial charge in [-0.25, -0.2) is 8.42 Å². The lowest BCUT2D eigenvalue weighted by atomic mass is 10.2. The molecule has 1 heterocycles. The number of anilines is 1. The quantitative estimate of drug-likeness (QED) is 0.500. The van der Waals surface area contributed by atoms with E-state index in [0.29, 0.717) is 18.8 Å². The number of nitrogens with zero attached hydrogens (tertiary/aromatic N) is 2. The van der Waals surface area contributed by atoms with Crippen molar-refractivity contribution in [1.82, 2.24) is 4.31 Å². The van der Waals surface area contributed by atoms with Gasteiger partial charge in [-0.05, 0) is 37.8 Å². The fraction of sp³-hybridized carbons (Fsp3) is 0.500. The molecule has 0 atom stereocenters. The molecular weight excluding hydrogens is 330 g/mol. The van der Waals surface area contributed by atoms with Crippen molar-refractivity contribution in [3.8, 4) is 0 Å². The van der Waals surface area contributed by atoms with Gasteiger partial charge in [0.05, 0.1) is 9.82 Å². The van der Waals surface area contributed by atoms with Crippen LogP contribution in [0.2, 0.25) is 0 Å². The lowest BCUT2D eigenvalue weighted by molar-refractivity contribution is -0.384. The van der Waals surface area contributed by atoms with E-state index in [0.717, 1.165) is 32.1 Å². The minimum absolute atomic E-state index is 0.00815. The van der Waals surface area contributed by atoms with Crippen LogP contribution in [0.15, 0.2) is 35.2 Å². The monoisotopic (exact) mass is 351 g/mol. The smallest absolute Gasteiger partial charge is 0.293 e. The number of nitrogens with one attached hydrogen (secondary N) is 1. The highest BCUT2D eigenvalue weighted by atomic mass is 32.2. The highest BCUT2D eigenvalue weighted by Gasteiger charge is 2.29. The molecule has 0 saturated carbocycles. The Hall–Kier alpha value is -1.93. The van der Waals surface area contributed by atoms with Crippen molar-refractivity contribution in [2.24, 2.45) is 0 Å². The van der Waals surface area contributed by atoms with Gasteiger partial charge in [-0.15, -0.1) is 0 Å². The molecule has 1 fully saturated rings. The average Bonchev–Trinajstić information content (AvgIpc) is 3.08. The lowest BCUT2D eigenvalue weighted by Gasteiger charge is -2.26. The lowest BCUT2D eigenvalue weighted by Crippen LogP contribution is -2.35. The third-order valence-electron chi connectivity index (χ3n) is 4.49. The van der Waals surface area contributed by atoms with E-state index in [1.54, 1.807) is 0 Å². The van der Waals surface area contributed by atoms with Crippen molar-refractivity contribution in [1.29, 1.82) is 0 Å². The summed E-state index contributed by atoms with van der Waals surface area (Å²) in [5.74, 6) is 0. The molecule has 1 aromatic rings. The fourth-order valence-corrected chi connectivity index (χ4v) is 4.69. The molecule has 1 aliphatic heterocycles. The van der Waals surface area contributed by atoms with E-state index in [4.69, 9.17) is 0 Å². The number of benzene rings is 1. The summed E-state index contributed by atoms with van der Waals surface area (Å²) < 4.78 is 26.8. The minimum Gasteiger partial charge on any atom is -0.376 e. The first kappa shape index (κ1) is 16.9. The second kappa shape index (κ2) is 6.90. The molecule has 2 aliphatic rings. The third-order valence-corrected chi connectivity index (χ3v) is 6.38. The highest BCUT2D eigenvalue weighted by molar-refractivity contribution is 7.89. The van der Waals surface area contributed by atoms with Crippen molar-refractivity contribution in [2.75, 3.05) is 18.4 Å². The molecule has 1 aliphatic carbocycles. The maximum Gasteiger partial charge on any atom is 0.293 e. The van der Waals surface area contributed by atoms with Crippen LogP contribution in [-0.2, 0) is 10.0 Å². The van der Waals surface area contributed by atoms with Crippen molar-refractivity contribution in [3.63, 3.8) is 0 Å². The number of nitro benzene ring substituents is 1. The van der Waals surface area contributed by atoms with Gasteiger partial charge in [0.2, 0.25) is 10.0 Å². The molecule has 7 nitrogen and oxygen atoms in total. The van der Waals surface area contributed by atoms with E-state index < -0.39 is 14.9 Å². The standard InChI is InChI=1S/C16H21N3O4S/c20-19(21)16-12-14(24(22,23)18-10-4-1-5-11-18)8-9-15(16)17-13-6-2-3-7-13/h2-3,8-9,12-13,17H,1,4-7,10-11H2. The van der Waals surface area contributed by atoms with Crippen LogP contribution in [-0.4, -0.2) is 36.8 Å². The molecule has 8 heteroatoms. The van der Waals surface area contributed by atoms with Gasteiger partial charge in [0.25, 0.3) is 5.69 Å². The summed E-state index contributed by atoms with van der Waals surface area (Å²) >= 11 is 0. The summed E-state index contributed by atoms with van der Waals surface area (Å²) in [7, 11) is -3.67. The van der Waals surface area contributed by atoms with Gasteiger partial charge in [0, 0.05) is 25.2 Å². The first-order chi connectivity index (χ1) is 11.5. The second-order valence-electron chi connectivity index (χ2n) is 6.18. The van der Waals surface area contributed by atoms with Crippen molar-refractivity contribution >= 4 is 21.4 Å². The third kappa shape index (κ3) is 3.44. The van der Waals surface area contributed by atoms with Gasteiger partial charge in [-0.1, -0.05) is 18.6 Å². The highest BCUT2D eigenvalue weighted by Crippen LogP contribution is 2.31. The largest absolute Gasteiger partial charge is 0.376 e. The predicted octanol–water partition coefficient (Wildman–Crippen LogP) is 2.90. The molecule has 1 aromatic carbocycles. The maximum atomic E-state index is 12.7. The Labute approximate surface area is 141 Å². The summed E-state index contributed by atoms with van der Waals surface area (Å²) in [6.45, 7) is 0.952. The van der Waals surface area contributed by atoms with Gasteiger partial charge in [-0.3, -0.25) is 10.1 Å². The van der Waals surface area contributed by atoms with Crippen molar-refractivity contribution < 1.29 is 13.3 Å². The van der Waals surface area contributed by atoms with Crippen LogP contribution in [0.1, 0.15) is 32.1 Å². The van der Waals surface area contributed by atoms with Crippen LogP contribution >= 0.6 is 0 Å². The average molecular weight is 351 g/mol. The second-order valence-corrected chi connectivity index (χ2v) is 8.12. The molecule has 130 valence electrons. The van der Waals surface area contributed by atoms with Gasteiger partial charge in [0.15, 0.2) is 0 Å². The van der Waals surface area contributed by atoms with Crippen molar-refractivity contribution in [2.45, 2.75) is 43.0 Å². The summed E-state index contributed by atoms with van der Waals surface area (Å²) in [6.07, 6.45) is 8.35. The van der Waals surface area contributed by atoms with Gasteiger partial charge in [0.1, 0.15) is 5.69 Å². The van der Waals surface area contributed by atoms with Crippen LogP contribution in [0, 0.1) is 10.1 Å². The Morgan fingerprint density at radius 3 is 2.42 bits per heavy atom. The minimum atomic E-state index is -3.67. The van der Waals surface area contributed by atoms with E-state index >= 15 is 0 Å². The van der Waals surface area contributed by atoms with E-state index in [-0.39, 0.29) is 16.6 Å². The van der Waals surface area contributed by atoms with E-state index in [1.807, 2.05) is 12.2 Å². The van der Waals surface area contributed by atoms with E-state index in [2.05, 4.69) is 5.32 Å². The van der Waals surface area contributed by atoms with Crippen LogP contribution in [0.3, 0.4) is 0 Å². The zero-order valence-corrected chi connectivity index (χ0v) is 14.2. The number of rotatable bonds is 5. The summed E-state index contributed by atoms with van der Waals surface area (Å²) in [5, 5.41) is 14.5. The van der Waals surface area contributed by atoms with Crippen LogP contribution in [0.25, 0.3) is 0 Å². The number of nitro groups is 1. The zero-order valence-electron chi connectivity index (χ0n) is 13.3. The predicted molar refractivity (Wildman–Crippen MR) is 91.5 cm³/mol. The number of sulfonamides is 1. The van der Waals surface area contributed by atoms with Gasteiger partial charge >= 0.3 is 0 Å². The van der Waals surface area contributed by atoms with Crippen LogP contribution < -0.4 is 5.32 Å². The molecule has 0 bridgehead atoms. The number of hydrogen-bond donors (Lipinski definition) is 1. The molecule has 0 aromatic heterocycles. The Bertz CT molecular complexity index is 747. The van der Waals surface area contributed by atoms with Crippen LogP contribution in [0.4, 0.5) is 11.4 Å². The fourth-order valence-electron chi connectivity index (χ4n) is 3.15. The molecule has 0 amide bonds. The summed E-state index contributed by atoms with van der Waals surface area (Å²) in [4.78, 5) is 10.9. The number of hydrogen-bond acceptors (Lipinski definition) is 5. The molecule has 1 saturated heterocycles. The molecule has 24 heavy (non-hydrogen) atoms. The Morgan fingerprint density at radius 1 is 1.12 bits per heavy atom. The molecule has 1 N–H and O–H groups in total. The Balaban J connectivity index is 1.89. The van der Waals surface area contributed by atoms with Crippen LogP contribution in [0.5, 0.6) is 0 Å². The van der Waals surface area contributed by atoms with E-state index in [9.17, 15) is 18.5 Å². The normalized spacial score (nSPS) is 19.5. The maximum absolute atomic E-state index is 12.7. The first-order valence-electron chi connectivity index (χ1n) is 8.18. The Morgan fingerprint density at radius 2 is 1.79 bits per heavy atom. The molecule has 3 rings (SSSR count). The SMILES string of the molecule is O=[N+]([O-])c1cc(S(=O)(=O)N2CCCCC2)ccc1NC1CC=CC1. The molecular formula is C16H21N3O4S. The van der Waals surface area contributed by atoms with Gasteiger partial charge in [-0.2, -0.15) is 4.31 Å². The van der Waals surface area contributed by atoms with Gasteiger partial charge < -0.3 is 5.32 Å². The summed E-state index contributed by atoms with van der Waals surface area (Å²) in [6, 6.07) is 4.26. The molecule has 0 unspecified atom stereocenters. The van der Waals surface area contributed by atoms with E-state index in [1.165, 1.54) is 22.5 Å². The zero-order chi connectivity index (χ0) is 17.2. The summed E-state index contributed by atoms with van der Waals surface area (Å²) in [5.41, 5.74) is 0.172. The Kier molecular flexibility index (Phi) is 4.86. The topological polar surface area (TPSA) is 92.5 Å². The number of piperidine rings is 1. The first-order valence-corrected chi connectivity index (χ1v) is 9.62.